The second-order valence-electron chi connectivity index (χ2n) is 7.52. The van der Waals surface area contributed by atoms with Crippen molar-refractivity contribution in [2.45, 2.75) is 19.5 Å². The molecule has 1 unspecified atom stereocenters. The summed E-state index contributed by atoms with van der Waals surface area (Å²) in [4.78, 5) is 14.1. The number of hydrogen-bond donors (Lipinski definition) is 1. The van der Waals surface area contributed by atoms with Gasteiger partial charge < -0.3 is 19.6 Å². The van der Waals surface area contributed by atoms with Gasteiger partial charge in [-0.25, -0.2) is 0 Å². The molecular weight excluding hydrogens is 457 g/mol. The van der Waals surface area contributed by atoms with Gasteiger partial charge in [0.2, 0.25) is 0 Å². The number of piperazine rings is 2. The molecule has 0 aliphatic carbocycles. The molecule has 0 saturated carbocycles. The van der Waals surface area contributed by atoms with Gasteiger partial charge in [0, 0.05) is 78.1 Å². The van der Waals surface area contributed by atoms with Crippen molar-refractivity contribution < 1.29 is 4.52 Å². The Kier molecular flexibility index (Phi) is 8.77. The van der Waals surface area contributed by atoms with E-state index >= 15 is 0 Å². The highest BCUT2D eigenvalue weighted by Gasteiger charge is 2.24. The molecule has 2 aliphatic rings. The molecule has 0 bridgehead atoms. The van der Waals surface area contributed by atoms with Crippen LogP contribution in [0, 0.1) is 6.92 Å². The average molecular weight is 491 g/mol. The molecule has 2 saturated heterocycles. The lowest BCUT2D eigenvalue weighted by molar-refractivity contribution is 0.115. The van der Waals surface area contributed by atoms with Gasteiger partial charge in [-0.05, 0) is 21.0 Å². The average Bonchev–Trinajstić information content (AvgIpc) is 3.04. The van der Waals surface area contributed by atoms with Crippen molar-refractivity contribution in [2.75, 3.05) is 73.5 Å². The maximum atomic E-state index is 5.16. The number of hydrogen-bond acceptors (Lipinski definition) is 6. The highest BCUT2D eigenvalue weighted by Crippen LogP contribution is 2.10. The molecular formula is C18H34IN7O. The molecule has 27 heavy (non-hydrogen) atoms. The van der Waals surface area contributed by atoms with Gasteiger partial charge in [0.25, 0.3) is 0 Å². The van der Waals surface area contributed by atoms with Crippen LogP contribution in [0.2, 0.25) is 0 Å². The van der Waals surface area contributed by atoms with Crippen molar-refractivity contribution >= 4 is 29.9 Å². The summed E-state index contributed by atoms with van der Waals surface area (Å²) in [5.41, 5.74) is 1.02. The maximum absolute atomic E-state index is 5.16. The largest absolute Gasteiger partial charge is 0.361 e. The Morgan fingerprint density at radius 2 is 1.96 bits per heavy atom. The van der Waals surface area contributed by atoms with Crippen molar-refractivity contribution in [2.24, 2.45) is 4.99 Å². The zero-order valence-electron chi connectivity index (χ0n) is 17.0. The van der Waals surface area contributed by atoms with E-state index < -0.39 is 0 Å². The van der Waals surface area contributed by atoms with E-state index in [1.807, 2.05) is 20.0 Å². The number of guanidine groups is 1. The van der Waals surface area contributed by atoms with Crippen molar-refractivity contribution in [3.05, 3.63) is 17.5 Å². The molecule has 1 aromatic rings. The second kappa shape index (κ2) is 10.6. The quantitative estimate of drug-likeness (QED) is 0.375. The first-order valence-electron chi connectivity index (χ1n) is 9.54. The highest BCUT2D eigenvalue weighted by molar-refractivity contribution is 14.0. The zero-order valence-corrected chi connectivity index (χ0v) is 19.3. The molecule has 1 atom stereocenters. The van der Waals surface area contributed by atoms with Gasteiger partial charge >= 0.3 is 0 Å². The van der Waals surface area contributed by atoms with Crippen molar-refractivity contribution in [1.82, 2.24) is 30.1 Å². The Hall–Kier alpha value is -0.910. The number of aryl methyl sites for hydroxylation is 1. The van der Waals surface area contributed by atoms with E-state index in [2.05, 4.69) is 49.2 Å². The van der Waals surface area contributed by atoms with Crippen LogP contribution >= 0.6 is 24.0 Å². The van der Waals surface area contributed by atoms with Crippen LogP contribution in [-0.4, -0.2) is 110 Å². The van der Waals surface area contributed by atoms with Crippen LogP contribution in [0.4, 0.5) is 0 Å². The van der Waals surface area contributed by atoms with Crippen LogP contribution in [0.5, 0.6) is 0 Å². The van der Waals surface area contributed by atoms with E-state index in [0.29, 0.717) is 6.04 Å². The van der Waals surface area contributed by atoms with E-state index in [1.54, 1.807) is 0 Å². The van der Waals surface area contributed by atoms with Gasteiger partial charge in [0.15, 0.2) is 5.96 Å². The molecule has 154 valence electrons. The Balaban J connectivity index is 0.00000261. The number of rotatable bonds is 4. The Morgan fingerprint density at radius 3 is 2.59 bits per heavy atom. The van der Waals surface area contributed by atoms with E-state index in [9.17, 15) is 0 Å². The predicted molar refractivity (Wildman–Crippen MR) is 119 cm³/mol. The van der Waals surface area contributed by atoms with Gasteiger partial charge in [-0.3, -0.25) is 14.8 Å². The van der Waals surface area contributed by atoms with Gasteiger partial charge in [0.05, 0.1) is 5.69 Å². The first-order valence-corrected chi connectivity index (χ1v) is 9.54. The fraction of sp³-hybridized carbons (Fsp3) is 0.778. The summed E-state index contributed by atoms with van der Waals surface area (Å²) < 4.78 is 5.16. The topological polar surface area (TPSA) is 63.4 Å². The van der Waals surface area contributed by atoms with Gasteiger partial charge in [0.1, 0.15) is 5.76 Å². The summed E-state index contributed by atoms with van der Waals surface area (Å²) in [7, 11) is 6.29. The molecule has 3 rings (SSSR count). The number of nitrogens with one attached hydrogen (secondary N) is 1. The maximum Gasteiger partial charge on any atom is 0.193 e. The lowest BCUT2D eigenvalue weighted by Crippen LogP contribution is -2.57. The summed E-state index contributed by atoms with van der Waals surface area (Å²) in [6.45, 7) is 11.1. The second-order valence-corrected chi connectivity index (χ2v) is 7.52. The number of aromatic nitrogens is 1. The van der Waals surface area contributed by atoms with Gasteiger partial charge in [-0.1, -0.05) is 5.16 Å². The van der Waals surface area contributed by atoms with Crippen LogP contribution in [0.3, 0.4) is 0 Å². The number of likely N-dealkylation sites (N-methyl/N-ethyl adjacent to an activating group) is 2. The van der Waals surface area contributed by atoms with E-state index in [0.717, 1.165) is 76.3 Å². The van der Waals surface area contributed by atoms with Crippen molar-refractivity contribution in [3.63, 3.8) is 0 Å². The molecule has 3 heterocycles. The third-order valence-corrected chi connectivity index (χ3v) is 5.42. The van der Waals surface area contributed by atoms with Crippen LogP contribution < -0.4 is 5.32 Å². The first kappa shape index (κ1) is 22.4. The Bertz CT molecular complexity index is 600. The monoisotopic (exact) mass is 491 g/mol. The predicted octanol–water partition coefficient (Wildman–Crippen LogP) is 0.540. The van der Waals surface area contributed by atoms with E-state index in [1.165, 1.54) is 0 Å². The third kappa shape index (κ3) is 6.30. The molecule has 0 radical (unpaired) electrons. The smallest absolute Gasteiger partial charge is 0.193 e. The lowest BCUT2D eigenvalue weighted by Gasteiger charge is -2.39. The summed E-state index contributed by atoms with van der Waals surface area (Å²) >= 11 is 0. The summed E-state index contributed by atoms with van der Waals surface area (Å²) in [5.74, 6) is 1.89. The summed E-state index contributed by atoms with van der Waals surface area (Å²) in [6, 6.07) is 2.55. The van der Waals surface area contributed by atoms with Crippen LogP contribution in [0.1, 0.15) is 11.5 Å². The molecule has 0 aromatic carbocycles. The van der Waals surface area contributed by atoms with E-state index in [4.69, 9.17) is 4.52 Å². The molecule has 2 aliphatic heterocycles. The molecule has 1 N–H and O–H groups in total. The number of halogens is 1. The fourth-order valence-corrected chi connectivity index (χ4v) is 3.70. The Labute approximate surface area is 179 Å². The SMILES string of the molecule is CN=C(NCC1CN(C)CCN1C)N1CCN(Cc2cc(C)on2)CC1.I. The van der Waals surface area contributed by atoms with Crippen molar-refractivity contribution in [1.29, 1.82) is 0 Å². The minimum Gasteiger partial charge on any atom is -0.361 e. The first-order chi connectivity index (χ1) is 12.5. The minimum atomic E-state index is 0. The van der Waals surface area contributed by atoms with Crippen LogP contribution in [-0.2, 0) is 6.54 Å². The van der Waals surface area contributed by atoms with Crippen molar-refractivity contribution in [3.8, 4) is 0 Å². The normalized spacial score (nSPS) is 23.3. The summed E-state index contributed by atoms with van der Waals surface area (Å²) in [6.07, 6.45) is 0. The van der Waals surface area contributed by atoms with Crippen LogP contribution in [0.25, 0.3) is 0 Å². The molecule has 9 heteroatoms. The minimum absolute atomic E-state index is 0. The standard InChI is InChI=1S/C18H33N7O.HI/c1-15-11-16(21-26-15)13-24-7-9-25(10-8-24)18(19-2)20-12-17-14-22(3)5-6-23(17)4;/h11,17H,5-10,12-14H2,1-4H3,(H,19,20);1H. The lowest BCUT2D eigenvalue weighted by atomic mass is 10.2. The third-order valence-electron chi connectivity index (χ3n) is 5.42. The Morgan fingerprint density at radius 1 is 1.22 bits per heavy atom. The van der Waals surface area contributed by atoms with E-state index in [-0.39, 0.29) is 24.0 Å². The number of nitrogens with zero attached hydrogens (tertiary/aromatic N) is 6. The summed E-state index contributed by atoms with van der Waals surface area (Å²) in [5, 5.41) is 7.69. The molecule has 0 spiro atoms. The fourth-order valence-electron chi connectivity index (χ4n) is 3.70. The number of aliphatic imine (C=N–C) groups is 1. The molecule has 0 amide bonds. The molecule has 2 fully saturated rings. The zero-order chi connectivity index (χ0) is 18.5. The van der Waals surface area contributed by atoms with Crippen LogP contribution in [0.15, 0.2) is 15.6 Å². The van der Waals surface area contributed by atoms with Gasteiger partial charge in [-0.2, -0.15) is 0 Å². The highest BCUT2D eigenvalue weighted by atomic mass is 127. The molecule has 8 nitrogen and oxygen atoms in total. The molecule has 1 aromatic heterocycles. The van der Waals surface area contributed by atoms with Gasteiger partial charge in [-0.15, -0.1) is 24.0 Å².